The summed E-state index contributed by atoms with van der Waals surface area (Å²) in [5.74, 6) is 1.58. The van der Waals surface area contributed by atoms with E-state index in [0.29, 0.717) is 23.3 Å². The summed E-state index contributed by atoms with van der Waals surface area (Å²) < 4.78 is 8.31. The van der Waals surface area contributed by atoms with Crippen molar-refractivity contribution in [2.75, 3.05) is 12.8 Å². The average molecular weight is 400 g/mol. The van der Waals surface area contributed by atoms with E-state index in [1.807, 2.05) is 41.9 Å². The van der Waals surface area contributed by atoms with Gasteiger partial charge in [0.15, 0.2) is 16.7 Å². The number of benzene rings is 1. The van der Waals surface area contributed by atoms with Gasteiger partial charge >= 0.3 is 0 Å². The number of hydrogen-bond donors (Lipinski definition) is 0. The largest absolute Gasteiger partial charge is 0.461 e. The Hall–Kier alpha value is -2.65. The maximum atomic E-state index is 12.5. The monoisotopic (exact) mass is 399 g/mol. The lowest BCUT2D eigenvalue weighted by atomic mass is 10.3. The lowest BCUT2D eigenvalue weighted by Gasteiger charge is -2.15. The maximum absolute atomic E-state index is 12.5. The lowest BCUT2D eigenvalue weighted by molar-refractivity contribution is -0.127. The molecule has 4 aromatic rings. The highest BCUT2D eigenvalue weighted by Crippen LogP contribution is 2.24. The van der Waals surface area contributed by atoms with Crippen LogP contribution in [0, 0.1) is 0 Å². The van der Waals surface area contributed by atoms with Crippen LogP contribution in [0.2, 0.25) is 0 Å². The molecule has 0 saturated heterocycles. The van der Waals surface area contributed by atoms with Gasteiger partial charge in [0, 0.05) is 14.1 Å². The highest BCUT2D eigenvalue weighted by atomic mass is 32.2. The molecule has 0 fully saturated rings. The Kier molecular flexibility index (Phi) is 4.95. The van der Waals surface area contributed by atoms with Crippen molar-refractivity contribution in [1.82, 2.24) is 24.6 Å². The molecule has 9 heteroatoms. The SMILES string of the molecule is CN(Cc1nc2ccccc2s1)C(=O)CSc1nnc(-c2ccco2)n1C. The Bertz CT molecular complexity index is 1040. The number of aromatic nitrogens is 4. The number of para-hydroxylation sites is 1. The molecule has 0 atom stereocenters. The molecule has 27 heavy (non-hydrogen) atoms. The number of fused-ring (bicyclic) bond motifs is 1. The van der Waals surface area contributed by atoms with Crippen LogP contribution in [0.3, 0.4) is 0 Å². The van der Waals surface area contributed by atoms with Crippen molar-refractivity contribution in [3.63, 3.8) is 0 Å². The normalized spacial score (nSPS) is 11.2. The molecule has 0 unspecified atom stereocenters. The van der Waals surface area contributed by atoms with Crippen molar-refractivity contribution in [2.24, 2.45) is 7.05 Å². The average Bonchev–Trinajstić information content (AvgIpc) is 3.38. The number of hydrogen-bond acceptors (Lipinski definition) is 7. The van der Waals surface area contributed by atoms with Crippen molar-refractivity contribution in [2.45, 2.75) is 11.7 Å². The summed E-state index contributed by atoms with van der Waals surface area (Å²) in [4.78, 5) is 18.8. The molecule has 1 amide bonds. The van der Waals surface area contributed by atoms with Crippen molar-refractivity contribution < 1.29 is 9.21 Å². The van der Waals surface area contributed by atoms with Crippen LogP contribution in [0.15, 0.2) is 52.2 Å². The Labute approximate surface area is 164 Å². The van der Waals surface area contributed by atoms with Crippen molar-refractivity contribution in [1.29, 1.82) is 0 Å². The van der Waals surface area contributed by atoms with E-state index in [1.165, 1.54) is 11.8 Å². The number of nitrogens with zero attached hydrogens (tertiary/aromatic N) is 5. The van der Waals surface area contributed by atoms with E-state index in [9.17, 15) is 4.79 Å². The number of thioether (sulfide) groups is 1. The zero-order valence-electron chi connectivity index (χ0n) is 14.8. The molecule has 0 bridgehead atoms. The van der Waals surface area contributed by atoms with E-state index in [2.05, 4.69) is 15.2 Å². The zero-order chi connectivity index (χ0) is 18.8. The highest BCUT2D eigenvalue weighted by molar-refractivity contribution is 7.99. The van der Waals surface area contributed by atoms with Crippen LogP contribution in [0.4, 0.5) is 0 Å². The summed E-state index contributed by atoms with van der Waals surface area (Å²) in [6, 6.07) is 11.6. The lowest BCUT2D eigenvalue weighted by Crippen LogP contribution is -2.27. The smallest absolute Gasteiger partial charge is 0.233 e. The summed E-state index contributed by atoms with van der Waals surface area (Å²) in [6.45, 7) is 0.495. The van der Waals surface area contributed by atoms with Crippen LogP contribution in [0.25, 0.3) is 21.8 Å². The molecular formula is C18H17N5O2S2. The van der Waals surface area contributed by atoms with Crippen LogP contribution < -0.4 is 0 Å². The molecule has 0 aliphatic carbocycles. The van der Waals surface area contributed by atoms with E-state index in [4.69, 9.17) is 4.42 Å². The zero-order valence-corrected chi connectivity index (χ0v) is 16.5. The van der Waals surface area contributed by atoms with Crippen LogP contribution >= 0.6 is 23.1 Å². The number of carbonyl (C=O) groups is 1. The van der Waals surface area contributed by atoms with Crippen molar-refractivity contribution in [3.05, 3.63) is 47.7 Å². The Balaban J connectivity index is 1.37. The van der Waals surface area contributed by atoms with Gasteiger partial charge < -0.3 is 13.9 Å². The third-order valence-electron chi connectivity index (χ3n) is 4.04. The van der Waals surface area contributed by atoms with E-state index in [1.54, 1.807) is 35.6 Å². The first-order valence-corrected chi connectivity index (χ1v) is 10.1. The second-order valence-electron chi connectivity index (χ2n) is 5.96. The maximum Gasteiger partial charge on any atom is 0.233 e. The molecule has 138 valence electrons. The Morgan fingerprint density at radius 3 is 2.89 bits per heavy atom. The van der Waals surface area contributed by atoms with Gasteiger partial charge in [-0.3, -0.25) is 4.79 Å². The van der Waals surface area contributed by atoms with Gasteiger partial charge in [-0.2, -0.15) is 0 Å². The fourth-order valence-electron chi connectivity index (χ4n) is 2.58. The van der Waals surface area contributed by atoms with Crippen LogP contribution in [0.1, 0.15) is 5.01 Å². The number of carbonyl (C=O) groups excluding carboxylic acids is 1. The predicted octanol–water partition coefficient (Wildman–Crippen LogP) is 3.44. The molecule has 0 aliphatic heterocycles. The first-order valence-electron chi connectivity index (χ1n) is 8.26. The minimum Gasteiger partial charge on any atom is -0.461 e. The molecule has 3 aromatic heterocycles. The topological polar surface area (TPSA) is 77.1 Å². The molecule has 3 heterocycles. The Morgan fingerprint density at radius 2 is 2.11 bits per heavy atom. The second kappa shape index (κ2) is 7.53. The molecule has 0 N–H and O–H groups in total. The van der Waals surface area contributed by atoms with Gasteiger partial charge in [-0.15, -0.1) is 21.5 Å². The summed E-state index contributed by atoms with van der Waals surface area (Å²) >= 11 is 2.97. The summed E-state index contributed by atoms with van der Waals surface area (Å²) in [5, 5.41) is 9.89. The van der Waals surface area contributed by atoms with Gasteiger partial charge in [0.05, 0.1) is 28.8 Å². The van der Waals surface area contributed by atoms with E-state index >= 15 is 0 Å². The van der Waals surface area contributed by atoms with Crippen LogP contribution in [-0.4, -0.2) is 43.4 Å². The van der Waals surface area contributed by atoms with Gasteiger partial charge in [-0.25, -0.2) is 4.98 Å². The Morgan fingerprint density at radius 1 is 1.26 bits per heavy atom. The summed E-state index contributed by atoms with van der Waals surface area (Å²) in [5.41, 5.74) is 0.970. The second-order valence-corrected chi connectivity index (χ2v) is 8.01. The molecule has 1 aromatic carbocycles. The minimum atomic E-state index is 0.0156. The fourth-order valence-corrected chi connectivity index (χ4v) is 4.45. The van der Waals surface area contributed by atoms with Crippen LogP contribution in [-0.2, 0) is 18.4 Å². The standard InChI is InChI=1S/C18H17N5O2S2/c1-22(10-15-19-12-6-3-4-8-14(12)27-15)16(24)11-26-18-21-20-17(23(18)2)13-7-5-9-25-13/h3-9H,10-11H2,1-2H3. The molecule has 0 saturated carbocycles. The van der Waals surface area contributed by atoms with Crippen molar-refractivity contribution in [3.8, 4) is 11.6 Å². The molecule has 0 spiro atoms. The van der Waals surface area contributed by atoms with E-state index in [-0.39, 0.29) is 11.7 Å². The molecule has 4 rings (SSSR count). The first-order chi connectivity index (χ1) is 13.1. The molecule has 0 radical (unpaired) electrons. The quantitative estimate of drug-likeness (QED) is 0.462. The van der Waals surface area contributed by atoms with Gasteiger partial charge in [0.2, 0.25) is 5.91 Å². The summed E-state index contributed by atoms with van der Waals surface area (Å²) in [7, 11) is 3.65. The van der Waals surface area contributed by atoms with E-state index < -0.39 is 0 Å². The van der Waals surface area contributed by atoms with Gasteiger partial charge in [0.25, 0.3) is 0 Å². The third-order valence-corrected chi connectivity index (χ3v) is 6.06. The summed E-state index contributed by atoms with van der Waals surface area (Å²) in [6.07, 6.45) is 1.59. The minimum absolute atomic E-state index is 0.0156. The fraction of sp³-hybridized carbons (Fsp3) is 0.222. The molecular weight excluding hydrogens is 382 g/mol. The first kappa shape index (κ1) is 17.7. The van der Waals surface area contributed by atoms with Crippen LogP contribution in [0.5, 0.6) is 0 Å². The predicted molar refractivity (Wildman–Crippen MR) is 106 cm³/mol. The third kappa shape index (κ3) is 3.74. The van der Waals surface area contributed by atoms with Gasteiger partial charge in [-0.05, 0) is 24.3 Å². The van der Waals surface area contributed by atoms with Gasteiger partial charge in [-0.1, -0.05) is 23.9 Å². The number of thiazole rings is 1. The highest BCUT2D eigenvalue weighted by Gasteiger charge is 2.17. The van der Waals surface area contributed by atoms with Crippen molar-refractivity contribution >= 4 is 39.2 Å². The number of furan rings is 1. The number of rotatable bonds is 6. The van der Waals surface area contributed by atoms with E-state index in [0.717, 1.165) is 15.2 Å². The van der Waals surface area contributed by atoms with Gasteiger partial charge in [0.1, 0.15) is 5.01 Å². The number of amides is 1. The molecule has 0 aliphatic rings. The molecule has 7 nitrogen and oxygen atoms in total.